The summed E-state index contributed by atoms with van der Waals surface area (Å²) in [5, 5.41) is 9.13. The fourth-order valence-electron chi connectivity index (χ4n) is 6.12. The van der Waals surface area contributed by atoms with Crippen molar-refractivity contribution in [2.75, 3.05) is 44.8 Å². The summed E-state index contributed by atoms with van der Waals surface area (Å²) >= 11 is 0. The number of hydrogen-bond acceptors (Lipinski definition) is 4. The first-order valence-corrected chi connectivity index (χ1v) is 11.9. The molecule has 1 aliphatic carbocycles. The van der Waals surface area contributed by atoms with Crippen LogP contribution >= 0.6 is 0 Å². The largest absolute Gasteiger partial charge is 0.417 e. The number of anilines is 1. The van der Waals surface area contributed by atoms with Crippen LogP contribution in [0.3, 0.4) is 0 Å². The number of piperidine rings is 1. The molecule has 2 heterocycles. The van der Waals surface area contributed by atoms with Crippen LogP contribution < -0.4 is 4.90 Å². The van der Waals surface area contributed by atoms with Gasteiger partial charge < -0.3 is 14.5 Å². The van der Waals surface area contributed by atoms with Gasteiger partial charge in [0, 0.05) is 44.4 Å². The molecule has 5 nitrogen and oxygen atoms in total. The number of fused-ring (bicyclic) bond motifs is 1. The number of methoxy groups -OCH3 is 1. The predicted octanol–water partition coefficient (Wildman–Crippen LogP) is 4.61. The molecule has 1 amide bonds. The van der Waals surface area contributed by atoms with Gasteiger partial charge in [0.1, 0.15) is 0 Å². The van der Waals surface area contributed by atoms with E-state index in [2.05, 4.69) is 0 Å². The second-order valence-electron chi connectivity index (χ2n) is 10.2. The van der Waals surface area contributed by atoms with Crippen LogP contribution in [-0.2, 0) is 21.1 Å². The molecule has 3 aliphatic rings. The number of nitriles is 1. The predicted molar refractivity (Wildman–Crippen MR) is 125 cm³/mol. The number of ether oxygens (including phenoxy) is 1. The van der Waals surface area contributed by atoms with Crippen molar-refractivity contribution in [3.63, 3.8) is 0 Å². The highest BCUT2D eigenvalue weighted by molar-refractivity contribution is 5.91. The van der Waals surface area contributed by atoms with Gasteiger partial charge >= 0.3 is 6.18 Å². The van der Waals surface area contributed by atoms with Crippen molar-refractivity contribution in [2.45, 2.75) is 30.9 Å². The van der Waals surface area contributed by atoms with Gasteiger partial charge in [-0.1, -0.05) is 30.3 Å². The van der Waals surface area contributed by atoms with Crippen LogP contribution in [0.5, 0.6) is 0 Å². The van der Waals surface area contributed by atoms with E-state index < -0.39 is 17.2 Å². The molecule has 0 bridgehead atoms. The number of alkyl halides is 3. The Morgan fingerprint density at radius 1 is 1.17 bits per heavy atom. The number of rotatable bonds is 5. The molecule has 184 valence electrons. The van der Waals surface area contributed by atoms with E-state index in [1.165, 1.54) is 6.07 Å². The molecule has 2 aromatic carbocycles. The summed E-state index contributed by atoms with van der Waals surface area (Å²) < 4.78 is 46.3. The summed E-state index contributed by atoms with van der Waals surface area (Å²) in [4.78, 5) is 17.6. The molecule has 3 fully saturated rings. The van der Waals surface area contributed by atoms with Crippen LogP contribution in [0.15, 0.2) is 48.5 Å². The molecule has 0 N–H and O–H groups in total. The fourth-order valence-corrected chi connectivity index (χ4v) is 6.12. The first-order chi connectivity index (χ1) is 16.7. The summed E-state index contributed by atoms with van der Waals surface area (Å²) in [7, 11) is 1.63. The molecule has 5 rings (SSSR count). The standard InChI is InChI=1S/C27H28F3N3O2/c1-35-18-25-16-32(24(34)26(10-11-26)20-5-3-2-4-6-20)12-9-21(25)15-33(17-25)22-8-7-19(14-31)23(13-22)27(28,29)30/h2-8,13,21H,9-12,15-18H2,1H3/t21-,25+/m1/s1. The summed E-state index contributed by atoms with van der Waals surface area (Å²) in [5.74, 6) is 0.345. The van der Waals surface area contributed by atoms with Gasteiger partial charge in [0.2, 0.25) is 5.91 Å². The highest BCUT2D eigenvalue weighted by Crippen LogP contribution is 2.52. The van der Waals surface area contributed by atoms with Crippen molar-refractivity contribution in [3.05, 3.63) is 65.2 Å². The Labute approximate surface area is 203 Å². The maximum Gasteiger partial charge on any atom is 0.417 e. The van der Waals surface area contributed by atoms with Crippen molar-refractivity contribution >= 4 is 11.6 Å². The van der Waals surface area contributed by atoms with E-state index in [1.54, 1.807) is 19.2 Å². The number of nitrogens with zero attached hydrogens (tertiary/aromatic N) is 3. The third kappa shape index (κ3) is 4.06. The van der Waals surface area contributed by atoms with Gasteiger partial charge in [-0.3, -0.25) is 4.79 Å². The minimum atomic E-state index is -4.60. The average Bonchev–Trinajstić information content (AvgIpc) is 3.58. The number of carbonyl (C=O) groups excluding carboxylic acids is 1. The Morgan fingerprint density at radius 2 is 1.91 bits per heavy atom. The second kappa shape index (κ2) is 8.56. The van der Waals surface area contributed by atoms with Gasteiger partial charge in [-0.2, -0.15) is 18.4 Å². The lowest BCUT2D eigenvalue weighted by atomic mass is 9.73. The Kier molecular flexibility index (Phi) is 5.79. The van der Waals surface area contributed by atoms with E-state index >= 15 is 0 Å². The summed E-state index contributed by atoms with van der Waals surface area (Å²) in [6.07, 6.45) is -2.15. The van der Waals surface area contributed by atoms with Crippen molar-refractivity contribution < 1.29 is 22.7 Å². The van der Waals surface area contributed by atoms with E-state index in [9.17, 15) is 18.0 Å². The zero-order chi connectivity index (χ0) is 24.8. The molecular formula is C27H28F3N3O2. The van der Waals surface area contributed by atoms with Crippen molar-refractivity contribution in [2.24, 2.45) is 11.3 Å². The van der Waals surface area contributed by atoms with E-state index in [0.29, 0.717) is 38.5 Å². The number of halogens is 3. The van der Waals surface area contributed by atoms with Gasteiger partial charge in [-0.25, -0.2) is 0 Å². The Balaban J connectivity index is 1.40. The molecule has 0 unspecified atom stereocenters. The Bertz CT molecular complexity index is 1160. The summed E-state index contributed by atoms with van der Waals surface area (Å²) in [5.41, 5.74) is -0.599. The SMILES string of the molecule is COC[C@@]12CN(C(=O)C3(c4ccccc4)CC3)CC[C@@H]1CN(c1ccc(C#N)c(C(F)(F)F)c1)C2. The normalized spacial score (nSPS) is 25.2. The fraction of sp³-hybridized carbons (Fsp3) is 0.481. The molecule has 8 heteroatoms. The van der Waals surface area contributed by atoms with E-state index in [1.807, 2.05) is 40.1 Å². The van der Waals surface area contributed by atoms with Crippen LogP contribution in [0, 0.1) is 22.7 Å². The van der Waals surface area contributed by atoms with E-state index in [-0.39, 0.29) is 22.8 Å². The minimum absolute atomic E-state index is 0.147. The Hall–Kier alpha value is -3.05. The highest BCUT2D eigenvalue weighted by atomic mass is 19.4. The van der Waals surface area contributed by atoms with Crippen molar-refractivity contribution in [1.29, 1.82) is 5.26 Å². The molecule has 2 saturated heterocycles. The summed E-state index contributed by atoms with van der Waals surface area (Å²) in [6, 6.07) is 15.5. The number of carbonyl (C=O) groups is 1. The first-order valence-electron chi connectivity index (χ1n) is 11.9. The van der Waals surface area contributed by atoms with Gasteiger partial charge in [-0.15, -0.1) is 0 Å². The number of amides is 1. The maximum atomic E-state index is 13.7. The zero-order valence-electron chi connectivity index (χ0n) is 19.6. The van der Waals surface area contributed by atoms with Crippen LogP contribution in [0.25, 0.3) is 0 Å². The lowest BCUT2D eigenvalue weighted by Gasteiger charge is -2.44. The molecule has 0 aromatic heterocycles. The number of benzene rings is 2. The molecular weight excluding hydrogens is 455 g/mol. The number of hydrogen-bond donors (Lipinski definition) is 0. The molecule has 0 spiro atoms. The van der Waals surface area contributed by atoms with E-state index in [4.69, 9.17) is 10.00 Å². The topological polar surface area (TPSA) is 56.6 Å². The first kappa shape index (κ1) is 23.7. The zero-order valence-corrected chi connectivity index (χ0v) is 19.6. The molecule has 35 heavy (non-hydrogen) atoms. The maximum absolute atomic E-state index is 13.7. The molecule has 0 radical (unpaired) electrons. The van der Waals surface area contributed by atoms with Gasteiger partial charge in [-0.05, 0) is 48.9 Å². The van der Waals surface area contributed by atoms with Crippen LogP contribution in [-0.4, -0.2) is 50.7 Å². The lowest BCUT2D eigenvalue weighted by Crippen LogP contribution is -2.55. The third-order valence-electron chi connectivity index (χ3n) is 8.06. The molecule has 1 saturated carbocycles. The van der Waals surface area contributed by atoms with Crippen molar-refractivity contribution in [1.82, 2.24) is 4.90 Å². The van der Waals surface area contributed by atoms with Gasteiger partial charge in [0.05, 0.1) is 29.2 Å². The second-order valence-corrected chi connectivity index (χ2v) is 10.2. The number of likely N-dealkylation sites (tertiary alicyclic amines) is 1. The molecule has 2 aromatic rings. The summed E-state index contributed by atoms with van der Waals surface area (Å²) in [6.45, 7) is 2.68. The van der Waals surface area contributed by atoms with Crippen LogP contribution in [0.2, 0.25) is 0 Å². The lowest BCUT2D eigenvalue weighted by molar-refractivity contribution is -0.140. The third-order valence-corrected chi connectivity index (χ3v) is 8.06. The monoisotopic (exact) mass is 483 g/mol. The average molecular weight is 484 g/mol. The Morgan fingerprint density at radius 3 is 2.54 bits per heavy atom. The van der Waals surface area contributed by atoms with E-state index in [0.717, 1.165) is 30.9 Å². The van der Waals surface area contributed by atoms with Gasteiger partial charge in [0.25, 0.3) is 0 Å². The van der Waals surface area contributed by atoms with Crippen molar-refractivity contribution in [3.8, 4) is 6.07 Å². The smallest absolute Gasteiger partial charge is 0.384 e. The molecule has 2 atom stereocenters. The highest BCUT2D eigenvalue weighted by Gasteiger charge is 2.57. The molecule has 2 aliphatic heterocycles. The van der Waals surface area contributed by atoms with Crippen LogP contribution in [0.1, 0.15) is 36.0 Å². The quantitative estimate of drug-likeness (QED) is 0.623. The van der Waals surface area contributed by atoms with Crippen LogP contribution in [0.4, 0.5) is 18.9 Å². The van der Waals surface area contributed by atoms with Gasteiger partial charge in [0.15, 0.2) is 0 Å². The minimum Gasteiger partial charge on any atom is -0.384 e.